The summed E-state index contributed by atoms with van der Waals surface area (Å²) in [4.78, 5) is 38.4. The topological polar surface area (TPSA) is 104 Å². The number of nitrogens with one attached hydrogen (secondary N) is 1. The first-order valence-electron chi connectivity index (χ1n) is 15.7. The Bertz CT molecular complexity index is 1790. The molecule has 6 nitrogen and oxygen atoms in total. The molecule has 236 valence electrons. The number of aliphatic carboxylic acids is 2. The molecule has 46 heavy (non-hydrogen) atoms. The number of carboxylic acids is 2. The van der Waals surface area contributed by atoms with E-state index in [-0.39, 0.29) is 12.2 Å². The smallest absolute Gasteiger partial charge is 0.327 e. The molecule has 0 saturated heterocycles. The lowest BCUT2D eigenvalue weighted by Gasteiger charge is -2.23. The third-order valence-electron chi connectivity index (χ3n) is 8.49. The van der Waals surface area contributed by atoms with Gasteiger partial charge in [-0.2, -0.15) is 11.8 Å². The van der Waals surface area contributed by atoms with E-state index in [1.54, 1.807) is 0 Å². The summed E-state index contributed by atoms with van der Waals surface area (Å²) in [7, 11) is 0. The normalized spacial score (nSPS) is 13.2. The Labute approximate surface area is 273 Å². The summed E-state index contributed by atoms with van der Waals surface area (Å²) in [6, 6.07) is 37.1. The van der Waals surface area contributed by atoms with Crippen molar-refractivity contribution in [3.63, 3.8) is 0 Å². The number of rotatable bonds is 16. The molecule has 5 rings (SSSR count). The summed E-state index contributed by atoms with van der Waals surface area (Å²) < 4.78 is 0. The van der Waals surface area contributed by atoms with Crippen molar-refractivity contribution < 1.29 is 24.6 Å². The fourth-order valence-electron chi connectivity index (χ4n) is 5.85. The standard InChI is InChI=1S/C39H39NO5S/c41-37(40-36(39(44)45)26-46-25-29-8-2-1-3-9-29)34(20-16-27-14-18-30-10-4-6-12-32(30)22-27)24-35(38(42)43)21-17-28-15-19-31-11-5-7-13-33(31)23-28/h1-15,18-19,22-23,34-36H,16-17,20-21,24-26H2,(H,40,41)(H,42,43)(H,44,45)/t34-,35-,36-/m0/s1. The lowest BCUT2D eigenvalue weighted by molar-refractivity contribution is -0.144. The van der Waals surface area contributed by atoms with E-state index in [4.69, 9.17) is 0 Å². The average molecular weight is 634 g/mol. The number of aryl methyl sites for hydroxylation is 2. The van der Waals surface area contributed by atoms with Crippen molar-refractivity contribution in [1.82, 2.24) is 5.32 Å². The van der Waals surface area contributed by atoms with E-state index in [9.17, 15) is 24.6 Å². The zero-order valence-corrected chi connectivity index (χ0v) is 26.5. The molecule has 3 N–H and O–H groups in total. The second-order valence-electron chi connectivity index (χ2n) is 11.8. The van der Waals surface area contributed by atoms with Crippen LogP contribution < -0.4 is 5.32 Å². The fourth-order valence-corrected chi connectivity index (χ4v) is 6.85. The highest BCUT2D eigenvalue weighted by Gasteiger charge is 2.30. The van der Waals surface area contributed by atoms with Crippen molar-refractivity contribution in [2.45, 2.75) is 43.9 Å². The average Bonchev–Trinajstić information content (AvgIpc) is 3.07. The Morgan fingerprint density at radius 3 is 1.65 bits per heavy atom. The minimum absolute atomic E-state index is 0.131. The molecule has 5 aromatic carbocycles. The number of carbonyl (C=O) groups excluding carboxylic acids is 1. The maximum absolute atomic E-state index is 13.7. The SMILES string of the molecule is O=C(O)[C@@H](CCc1ccc2ccccc2c1)C[C@H](CCc1ccc2ccccc2c1)C(=O)N[C@@H](CSCc1ccccc1)C(=O)O. The Hall–Kier alpha value is -4.62. The summed E-state index contributed by atoms with van der Waals surface area (Å²) in [5.74, 6) is -3.05. The molecule has 0 spiro atoms. The minimum atomic E-state index is -1.10. The van der Waals surface area contributed by atoms with Gasteiger partial charge in [0.1, 0.15) is 6.04 Å². The summed E-state index contributed by atoms with van der Waals surface area (Å²) in [6.07, 6.45) is 2.05. The predicted octanol–water partition coefficient (Wildman–Crippen LogP) is 7.77. The molecule has 0 fully saturated rings. The predicted molar refractivity (Wildman–Crippen MR) is 186 cm³/mol. The van der Waals surface area contributed by atoms with Gasteiger partial charge in [-0.05, 0) is 70.3 Å². The Kier molecular flexibility index (Phi) is 11.5. The molecular weight excluding hydrogens is 594 g/mol. The lowest BCUT2D eigenvalue weighted by Crippen LogP contribution is -2.46. The van der Waals surface area contributed by atoms with E-state index >= 15 is 0 Å². The van der Waals surface area contributed by atoms with Crippen LogP contribution in [0.15, 0.2) is 115 Å². The second-order valence-corrected chi connectivity index (χ2v) is 12.8. The van der Waals surface area contributed by atoms with Gasteiger partial charge in [0.05, 0.1) is 5.92 Å². The van der Waals surface area contributed by atoms with E-state index in [1.165, 1.54) is 11.8 Å². The van der Waals surface area contributed by atoms with E-state index in [0.29, 0.717) is 31.4 Å². The van der Waals surface area contributed by atoms with Crippen LogP contribution in [0.5, 0.6) is 0 Å². The minimum Gasteiger partial charge on any atom is -0.481 e. The molecule has 7 heteroatoms. The van der Waals surface area contributed by atoms with Crippen LogP contribution in [-0.4, -0.2) is 39.9 Å². The number of thioether (sulfide) groups is 1. The van der Waals surface area contributed by atoms with Gasteiger partial charge in [-0.15, -0.1) is 0 Å². The maximum atomic E-state index is 13.7. The van der Waals surface area contributed by atoms with Crippen molar-refractivity contribution in [2.24, 2.45) is 11.8 Å². The van der Waals surface area contributed by atoms with Crippen LogP contribution in [0, 0.1) is 11.8 Å². The molecule has 0 saturated carbocycles. The van der Waals surface area contributed by atoms with Crippen LogP contribution in [0.25, 0.3) is 21.5 Å². The quantitative estimate of drug-likeness (QED) is 0.103. The van der Waals surface area contributed by atoms with Gasteiger partial charge in [0.2, 0.25) is 5.91 Å². The zero-order valence-electron chi connectivity index (χ0n) is 25.7. The second kappa shape index (κ2) is 16.1. The van der Waals surface area contributed by atoms with Crippen molar-refractivity contribution in [3.8, 4) is 0 Å². The highest BCUT2D eigenvalue weighted by Crippen LogP contribution is 2.26. The number of hydrogen-bond donors (Lipinski definition) is 3. The van der Waals surface area contributed by atoms with Crippen molar-refractivity contribution in [2.75, 3.05) is 5.75 Å². The number of carboxylic acid groups (broad SMARTS) is 2. The first kappa shape index (κ1) is 32.8. The monoisotopic (exact) mass is 633 g/mol. The molecule has 5 aromatic rings. The zero-order chi connectivity index (χ0) is 32.3. The Morgan fingerprint density at radius 1 is 0.587 bits per heavy atom. The number of fused-ring (bicyclic) bond motifs is 2. The third-order valence-corrected chi connectivity index (χ3v) is 9.60. The molecule has 0 aliphatic heterocycles. The molecule has 0 bridgehead atoms. The van der Waals surface area contributed by atoms with E-state index in [0.717, 1.165) is 38.2 Å². The van der Waals surface area contributed by atoms with Gasteiger partial charge in [0.25, 0.3) is 0 Å². The first-order chi connectivity index (χ1) is 22.4. The van der Waals surface area contributed by atoms with E-state index in [1.807, 2.05) is 103 Å². The third kappa shape index (κ3) is 9.21. The number of amides is 1. The maximum Gasteiger partial charge on any atom is 0.327 e. The molecular formula is C39H39NO5S. The van der Waals surface area contributed by atoms with Crippen LogP contribution in [0.1, 0.15) is 36.0 Å². The van der Waals surface area contributed by atoms with Gasteiger partial charge in [0, 0.05) is 17.4 Å². The molecule has 0 aliphatic carbocycles. The largest absolute Gasteiger partial charge is 0.481 e. The highest BCUT2D eigenvalue weighted by atomic mass is 32.2. The molecule has 3 atom stereocenters. The van der Waals surface area contributed by atoms with Gasteiger partial charge >= 0.3 is 11.9 Å². The van der Waals surface area contributed by atoms with Crippen LogP contribution in [0.3, 0.4) is 0 Å². The van der Waals surface area contributed by atoms with Crippen LogP contribution >= 0.6 is 11.8 Å². The molecule has 0 heterocycles. The van der Waals surface area contributed by atoms with Gasteiger partial charge in [-0.1, -0.05) is 115 Å². The van der Waals surface area contributed by atoms with E-state index in [2.05, 4.69) is 17.4 Å². The number of hydrogen-bond acceptors (Lipinski definition) is 4. The molecule has 0 aromatic heterocycles. The lowest BCUT2D eigenvalue weighted by atomic mass is 9.85. The van der Waals surface area contributed by atoms with Crippen LogP contribution in [-0.2, 0) is 33.0 Å². The molecule has 0 aliphatic rings. The first-order valence-corrected chi connectivity index (χ1v) is 16.8. The van der Waals surface area contributed by atoms with E-state index < -0.39 is 35.7 Å². The summed E-state index contributed by atoms with van der Waals surface area (Å²) in [5.41, 5.74) is 3.17. The van der Waals surface area contributed by atoms with Crippen molar-refractivity contribution in [3.05, 3.63) is 132 Å². The Morgan fingerprint density at radius 2 is 1.11 bits per heavy atom. The van der Waals surface area contributed by atoms with Gasteiger partial charge in [-0.3, -0.25) is 9.59 Å². The van der Waals surface area contributed by atoms with Gasteiger partial charge < -0.3 is 15.5 Å². The highest BCUT2D eigenvalue weighted by molar-refractivity contribution is 7.98. The molecule has 0 radical (unpaired) electrons. The molecule has 1 amide bonds. The van der Waals surface area contributed by atoms with Crippen LogP contribution in [0.2, 0.25) is 0 Å². The molecule has 0 unspecified atom stereocenters. The van der Waals surface area contributed by atoms with Crippen LogP contribution in [0.4, 0.5) is 0 Å². The van der Waals surface area contributed by atoms with Gasteiger partial charge in [0.15, 0.2) is 0 Å². The fraction of sp³-hybridized carbons (Fsp3) is 0.256. The summed E-state index contributed by atoms with van der Waals surface area (Å²) in [6.45, 7) is 0. The number of carbonyl (C=O) groups is 3. The van der Waals surface area contributed by atoms with Crippen molar-refractivity contribution in [1.29, 1.82) is 0 Å². The van der Waals surface area contributed by atoms with Gasteiger partial charge in [-0.25, -0.2) is 4.79 Å². The Balaban J connectivity index is 1.29. The summed E-state index contributed by atoms with van der Waals surface area (Å²) in [5, 5.41) is 27.4. The van der Waals surface area contributed by atoms with Crippen molar-refractivity contribution >= 4 is 51.2 Å². The summed E-state index contributed by atoms with van der Waals surface area (Å²) >= 11 is 1.44. The number of benzene rings is 5.